The normalized spacial score (nSPS) is 20.3. The van der Waals surface area contributed by atoms with E-state index in [4.69, 9.17) is 9.84 Å². The van der Waals surface area contributed by atoms with E-state index in [1.54, 1.807) is 4.90 Å². The third kappa shape index (κ3) is 3.98. The van der Waals surface area contributed by atoms with Gasteiger partial charge in [0.2, 0.25) is 5.91 Å². The minimum Gasteiger partial charge on any atom is -0.480 e. The zero-order valence-electron chi connectivity index (χ0n) is 10.6. The Morgan fingerprint density at radius 1 is 1.29 bits per heavy atom. The van der Waals surface area contributed by atoms with Gasteiger partial charge in [0.1, 0.15) is 13.2 Å². The van der Waals surface area contributed by atoms with Crippen LogP contribution in [0.4, 0.5) is 0 Å². The summed E-state index contributed by atoms with van der Waals surface area (Å²) >= 11 is 0. The van der Waals surface area contributed by atoms with Crippen molar-refractivity contribution in [1.29, 1.82) is 0 Å². The lowest BCUT2D eigenvalue weighted by molar-refractivity contribution is -0.147. The van der Waals surface area contributed by atoms with Gasteiger partial charge in [-0.15, -0.1) is 0 Å². The molecule has 0 aliphatic carbocycles. The number of ether oxygens (including phenoxy) is 1. The van der Waals surface area contributed by atoms with Gasteiger partial charge in [-0.25, -0.2) is 4.79 Å². The van der Waals surface area contributed by atoms with E-state index in [-0.39, 0.29) is 18.1 Å². The van der Waals surface area contributed by atoms with E-state index in [2.05, 4.69) is 18.7 Å². The molecule has 0 aromatic rings. The lowest BCUT2D eigenvalue weighted by Crippen LogP contribution is -2.59. The molecule has 0 spiro atoms. The molecule has 1 rings (SSSR count). The number of rotatable bonds is 4. The summed E-state index contributed by atoms with van der Waals surface area (Å²) in [5.74, 6) is -1.20. The fourth-order valence-corrected chi connectivity index (χ4v) is 1.77. The molecule has 1 fully saturated rings. The van der Waals surface area contributed by atoms with Gasteiger partial charge in [-0.2, -0.15) is 0 Å². The van der Waals surface area contributed by atoms with Crippen LogP contribution in [0.15, 0.2) is 0 Å². The molecule has 0 aromatic heterocycles. The third-order valence-corrected chi connectivity index (χ3v) is 3.12. The van der Waals surface area contributed by atoms with Crippen molar-refractivity contribution >= 4 is 11.9 Å². The van der Waals surface area contributed by atoms with E-state index in [1.807, 2.05) is 7.05 Å². The number of nitrogens with zero attached hydrogens (tertiary/aromatic N) is 2. The Balaban J connectivity index is 2.40. The first-order valence-electron chi connectivity index (χ1n) is 5.61. The quantitative estimate of drug-likeness (QED) is 0.731. The van der Waals surface area contributed by atoms with Gasteiger partial charge in [-0.1, -0.05) is 0 Å². The standard InChI is InChI=1S/C11H20N2O4/c1-11(2)8-13(5-4-12(11)3)9(14)6-17-7-10(15)16/h4-8H2,1-3H3,(H,15,16). The molecule has 1 aliphatic rings. The zero-order valence-corrected chi connectivity index (χ0v) is 10.6. The molecule has 1 heterocycles. The Labute approximate surface area is 101 Å². The third-order valence-electron chi connectivity index (χ3n) is 3.12. The summed E-state index contributed by atoms with van der Waals surface area (Å²) in [6.07, 6.45) is 0. The summed E-state index contributed by atoms with van der Waals surface area (Å²) in [5.41, 5.74) is -0.0549. The van der Waals surface area contributed by atoms with Crippen molar-refractivity contribution in [3.05, 3.63) is 0 Å². The molecular formula is C11H20N2O4. The molecule has 1 N–H and O–H groups in total. The van der Waals surface area contributed by atoms with Gasteiger partial charge in [-0.3, -0.25) is 9.69 Å². The lowest BCUT2D eigenvalue weighted by atomic mass is 10.00. The highest BCUT2D eigenvalue weighted by molar-refractivity contribution is 5.78. The SMILES string of the molecule is CN1CCN(C(=O)COCC(=O)O)CC1(C)C. The maximum Gasteiger partial charge on any atom is 0.329 e. The van der Waals surface area contributed by atoms with Crippen LogP contribution in [0, 0.1) is 0 Å². The van der Waals surface area contributed by atoms with Gasteiger partial charge in [-0.05, 0) is 20.9 Å². The van der Waals surface area contributed by atoms with Gasteiger partial charge >= 0.3 is 5.97 Å². The second-order valence-corrected chi connectivity index (χ2v) is 4.94. The van der Waals surface area contributed by atoms with Crippen molar-refractivity contribution in [3.8, 4) is 0 Å². The Morgan fingerprint density at radius 3 is 2.47 bits per heavy atom. The number of amides is 1. The molecule has 0 radical (unpaired) electrons. The Morgan fingerprint density at radius 2 is 1.94 bits per heavy atom. The van der Waals surface area contributed by atoms with Crippen molar-refractivity contribution in [2.45, 2.75) is 19.4 Å². The number of carbonyl (C=O) groups is 2. The molecule has 98 valence electrons. The second kappa shape index (κ2) is 5.46. The summed E-state index contributed by atoms with van der Waals surface area (Å²) in [6.45, 7) is 5.68. The lowest BCUT2D eigenvalue weighted by Gasteiger charge is -2.45. The van der Waals surface area contributed by atoms with E-state index in [1.165, 1.54) is 0 Å². The van der Waals surface area contributed by atoms with Crippen LogP contribution in [0.5, 0.6) is 0 Å². The summed E-state index contributed by atoms with van der Waals surface area (Å²) in [7, 11) is 2.03. The molecule has 1 saturated heterocycles. The van der Waals surface area contributed by atoms with E-state index in [9.17, 15) is 9.59 Å². The highest BCUT2D eigenvalue weighted by Gasteiger charge is 2.33. The molecule has 6 nitrogen and oxygen atoms in total. The van der Waals surface area contributed by atoms with Crippen LogP contribution in [0.1, 0.15) is 13.8 Å². The fraction of sp³-hybridized carbons (Fsp3) is 0.818. The van der Waals surface area contributed by atoms with Gasteiger partial charge < -0.3 is 14.7 Å². The molecular weight excluding hydrogens is 224 g/mol. The number of carboxylic acid groups (broad SMARTS) is 1. The van der Waals surface area contributed by atoms with Crippen LogP contribution < -0.4 is 0 Å². The Hall–Kier alpha value is -1.14. The minimum absolute atomic E-state index is 0.0549. The van der Waals surface area contributed by atoms with Crippen LogP contribution in [0.2, 0.25) is 0 Å². The van der Waals surface area contributed by atoms with Crippen LogP contribution >= 0.6 is 0 Å². The van der Waals surface area contributed by atoms with Gasteiger partial charge in [0.25, 0.3) is 0 Å². The second-order valence-electron chi connectivity index (χ2n) is 4.94. The monoisotopic (exact) mass is 244 g/mol. The number of hydrogen-bond donors (Lipinski definition) is 1. The van der Waals surface area contributed by atoms with Crippen LogP contribution in [0.3, 0.4) is 0 Å². The van der Waals surface area contributed by atoms with Crippen LogP contribution in [-0.4, -0.2) is 72.2 Å². The first-order chi connectivity index (χ1) is 7.83. The average Bonchev–Trinajstić information content (AvgIpc) is 2.21. The maximum atomic E-state index is 11.8. The van der Waals surface area contributed by atoms with Crippen LogP contribution in [0.25, 0.3) is 0 Å². The highest BCUT2D eigenvalue weighted by atomic mass is 16.5. The molecule has 0 saturated carbocycles. The van der Waals surface area contributed by atoms with Gasteiger partial charge in [0.05, 0.1) is 0 Å². The van der Waals surface area contributed by atoms with Crippen molar-refractivity contribution in [2.24, 2.45) is 0 Å². The van der Waals surface area contributed by atoms with E-state index >= 15 is 0 Å². The molecule has 1 aliphatic heterocycles. The zero-order chi connectivity index (χ0) is 13.1. The number of carbonyl (C=O) groups excluding carboxylic acids is 1. The molecule has 6 heteroatoms. The van der Waals surface area contributed by atoms with E-state index in [0.717, 1.165) is 6.54 Å². The summed E-state index contributed by atoms with van der Waals surface area (Å²) in [5, 5.41) is 8.40. The van der Waals surface area contributed by atoms with Gasteiger partial charge in [0.15, 0.2) is 0 Å². The molecule has 0 atom stereocenters. The minimum atomic E-state index is -1.06. The number of hydrogen-bond acceptors (Lipinski definition) is 4. The smallest absolute Gasteiger partial charge is 0.329 e. The highest BCUT2D eigenvalue weighted by Crippen LogP contribution is 2.18. The number of likely N-dealkylation sites (N-methyl/N-ethyl adjacent to an activating group) is 1. The molecule has 1 amide bonds. The molecule has 0 unspecified atom stereocenters. The summed E-state index contributed by atoms with van der Waals surface area (Å²) in [4.78, 5) is 25.9. The van der Waals surface area contributed by atoms with Crippen molar-refractivity contribution in [3.63, 3.8) is 0 Å². The van der Waals surface area contributed by atoms with Crippen molar-refractivity contribution in [1.82, 2.24) is 9.80 Å². The maximum absolute atomic E-state index is 11.8. The molecule has 0 aromatic carbocycles. The topological polar surface area (TPSA) is 70.1 Å². The van der Waals surface area contributed by atoms with E-state index in [0.29, 0.717) is 13.1 Å². The number of carboxylic acids is 1. The Kier molecular flexibility index (Phi) is 4.47. The largest absolute Gasteiger partial charge is 0.480 e. The summed E-state index contributed by atoms with van der Waals surface area (Å²) < 4.78 is 4.80. The van der Waals surface area contributed by atoms with Crippen molar-refractivity contribution < 1.29 is 19.4 Å². The first kappa shape index (κ1) is 13.9. The predicted molar refractivity (Wildman–Crippen MR) is 61.7 cm³/mol. The van der Waals surface area contributed by atoms with Crippen molar-refractivity contribution in [2.75, 3.05) is 39.9 Å². The number of piperazine rings is 1. The Bertz CT molecular complexity index is 304. The predicted octanol–water partition coefficient (Wildman–Crippen LogP) is -0.360. The van der Waals surface area contributed by atoms with E-state index < -0.39 is 12.6 Å². The summed E-state index contributed by atoms with van der Waals surface area (Å²) in [6, 6.07) is 0. The molecule has 17 heavy (non-hydrogen) atoms. The van der Waals surface area contributed by atoms with Crippen LogP contribution in [-0.2, 0) is 14.3 Å². The number of aliphatic carboxylic acids is 1. The molecule has 0 bridgehead atoms. The van der Waals surface area contributed by atoms with Gasteiger partial charge in [0, 0.05) is 25.2 Å². The fourth-order valence-electron chi connectivity index (χ4n) is 1.77. The first-order valence-corrected chi connectivity index (χ1v) is 5.61. The average molecular weight is 244 g/mol.